The molecule has 15 heavy (non-hydrogen) atoms. The number of aromatic carboxylic acids is 1. The van der Waals surface area contributed by atoms with E-state index in [0.29, 0.717) is 4.83 Å². The lowest BCUT2D eigenvalue weighted by atomic mass is 10.2. The van der Waals surface area contributed by atoms with E-state index in [2.05, 4.69) is 4.98 Å². The molecule has 2 aromatic heterocycles. The smallest absolute Gasteiger partial charge is 0.354 e. The summed E-state index contributed by atoms with van der Waals surface area (Å²) in [5.74, 6) is -1.03. The number of carboxylic acid groups (broad SMARTS) is 1. The lowest BCUT2D eigenvalue weighted by Gasteiger charge is -1.96. The molecule has 4 nitrogen and oxygen atoms in total. The van der Waals surface area contributed by atoms with Crippen molar-refractivity contribution in [2.24, 2.45) is 0 Å². The van der Waals surface area contributed by atoms with Crippen molar-refractivity contribution in [3.05, 3.63) is 28.3 Å². The Balaban J connectivity index is 2.69. The zero-order valence-electron chi connectivity index (χ0n) is 8.02. The number of nitrogens with zero attached hydrogens (tertiary/aromatic N) is 1. The highest BCUT2D eigenvalue weighted by molar-refractivity contribution is 7.18. The summed E-state index contributed by atoms with van der Waals surface area (Å²) in [4.78, 5) is 16.3. The Bertz CT molecular complexity index is 533. The molecular weight excluding hydrogens is 214 g/mol. The van der Waals surface area contributed by atoms with E-state index in [0.717, 1.165) is 15.8 Å². The van der Waals surface area contributed by atoms with Gasteiger partial charge in [0.15, 0.2) is 0 Å². The van der Waals surface area contributed by atoms with Gasteiger partial charge in [0.2, 0.25) is 0 Å². The fraction of sp³-hybridized carbons (Fsp3) is 0.200. The van der Waals surface area contributed by atoms with E-state index in [9.17, 15) is 4.79 Å². The van der Waals surface area contributed by atoms with Crippen LogP contribution in [0.25, 0.3) is 10.2 Å². The average Bonchev–Trinajstić information content (AvgIpc) is 2.51. The van der Waals surface area contributed by atoms with Gasteiger partial charge in [0, 0.05) is 15.8 Å². The third-order valence-corrected chi connectivity index (χ3v) is 3.29. The summed E-state index contributed by atoms with van der Waals surface area (Å²) in [6.07, 6.45) is 0. The molecule has 0 aliphatic carbocycles. The summed E-state index contributed by atoms with van der Waals surface area (Å²) in [7, 11) is 0. The number of hydrogen-bond donors (Lipinski definition) is 2. The van der Waals surface area contributed by atoms with Crippen LogP contribution in [0.15, 0.2) is 12.1 Å². The minimum Gasteiger partial charge on any atom is -0.477 e. The lowest BCUT2D eigenvalue weighted by molar-refractivity contribution is 0.0691. The monoisotopic (exact) mass is 223 g/mol. The Morgan fingerprint density at radius 2 is 2.27 bits per heavy atom. The van der Waals surface area contributed by atoms with Gasteiger partial charge in [0.05, 0.1) is 6.61 Å². The van der Waals surface area contributed by atoms with Crippen LogP contribution in [-0.2, 0) is 6.61 Å². The Labute approximate surface area is 89.8 Å². The second-order valence-corrected chi connectivity index (χ2v) is 4.35. The predicted molar refractivity (Wildman–Crippen MR) is 57.2 cm³/mol. The minimum absolute atomic E-state index is 0.0354. The normalized spacial score (nSPS) is 10.8. The Morgan fingerprint density at radius 1 is 1.53 bits per heavy atom. The summed E-state index contributed by atoms with van der Waals surface area (Å²) in [5, 5.41) is 18.8. The molecule has 2 rings (SSSR count). The van der Waals surface area contributed by atoms with Crippen molar-refractivity contribution in [1.82, 2.24) is 4.98 Å². The molecule has 0 fully saturated rings. The number of rotatable bonds is 2. The second-order valence-electron chi connectivity index (χ2n) is 3.15. The first kappa shape index (κ1) is 10.1. The van der Waals surface area contributed by atoms with Gasteiger partial charge >= 0.3 is 5.97 Å². The summed E-state index contributed by atoms with van der Waals surface area (Å²) in [5.41, 5.74) is 0.868. The molecule has 0 spiro atoms. The SMILES string of the molecule is Cc1sc2nc(C(=O)O)ccc2c1CO. The highest BCUT2D eigenvalue weighted by atomic mass is 32.1. The van der Waals surface area contributed by atoms with Crippen LogP contribution in [0.1, 0.15) is 20.9 Å². The molecule has 78 valence electrons. The molecule has 0 aliphatic heterocycles. The van der Waals surface area contributed by atoms with Crippen LogP contribution in [0, 0.1) is 6.92 Å². The number of thiophene rings is 1. The van der Waals surface area contributed by atoms with Crippen molar-refractivity contribution in [3.63, 3.8) is 0 Å². The van der Waals surface area contributed by atoms with Crippen LogP contribution in [0.2, 0.25) is 0 Å². The van der Waals surface area contributed by atoms with E-state index in [1.165, 1.54) is 17.4 Å². The molecule has 0 amide bonds. The number of aromatic nitrogens is 1. The van der Waals surface area contributed by atoms with Crippen LogP contribution in [0.4, 0.5) is 0 Å². The zero-order valence-corrected chi connectivity index (χ0v) is 8.84. The van der Waals surface area contributed by atoms with Gasteiger partial charge in [-0.25, -0.2) is 9.78 Å². The number of carboxylic acids is 1. The molecule has 2 heterocycles. The quantitative estimate of drug-likeness (QED) is 0.814. The maximum Gasteiger partial charge on any atom is 0.354 e. The molecule has 2 aromatic rings. The molecule has 0 unspecified atom stereocenters. The standard InChI is InChI=1S/C10H9NO3S/c1-5-7(4-12)6-2-3-8(10(13)14)11-9(6)15-5/h2-3,12H,4H2,1H3,(H,13,14). The number of aliphatic hydroxyl groups is 1. The number of pyridine rings is 1. The van der Waals surface area contributed by atoms with E-state index in [1.807, 2.05) is 6.92 Å². The molecule has 0 radical (unpaired) electrons. The Kier molecular flexibility index (Phi) is 2.42. The number of aryl methyl sites for hydroxylation is 1. The van der Waals surface area contributed by atoms with Crippen LogP contribution in [-0.4, -0.2) is 21.2 Å². The van der Waals surface area contributed by atoms with Gasteiger partial charge in [-0.2, -0.15) is 0 Å². The van der Waals surface area contributed by atoms with Crippen molar-refractivity contribution in [2.75, 3.05) is 0 Å². The van der Waals surface area contributed by atoms with E-state index in [4.69, 9.17) is 10.2 Å². The van der Waals surface area contributed by atoms with Crippen molar-refractivity contribution in [1.29, 1.82) is 0 Å². The molecule has 0 bridgehead atoms. The van der Waals surface area contributed by atoms with Crippen LogP contribution in [0.5, 0.6) is 0 Å². The van der Waals surface area contributed by atoms with Crippen molar-refractivity contribution >= 4 is 27.5 Å². The van der Waals surface area contributed by atoms with E-state index in [-0.39, 0.29) is 12.3 Å². The number of carbonyl (C=O) groups is 1. The largest absolute Gasteiger partial charge is 0.477 e. The van der Waals surface area contributed by atoms with Crippen molar-refractivity contribution in [2.45, 2.75) is 13.5 Å². The first-order valence-electron chi connectivity index (χ1n) is 4.36. The van der Waals surface area contributed by atoms with Gasteiger partial charge in [0.1, 0.15) is 10.5 Å². The fourth-order valence-corrected chi connectivity index (χ4v) is 2.49. The van der Waals surface area contributed by atoms with Gasteiger partial charge in [-0.3, -0.25) is 0 Å². The highest BCUT2D eigenvalue weighted by Gasteiger charge is 2.12. The number of fused-ring (bicyclic) bond motifs is 1. The molecule has 5 heteroatoms. The summed E-state index contributed by atoms with van der Waals surface area (Å²) in [6, 6.07) is 3.15. The van der Waals surface area contributed by atoms with Crippen LogP contribution < -0.4 is 0 Å². The van der Waals surface area contributed by atoms with E-state index < -0.39 is 5.97 Å². The fourth-order valence-electron chi connectivity index (χ4n) is 1.46. The van der Waals surface area contributed by atoms with E-state index in [1.54, 1.807) is 6.07 Å². The van der Waals surface area contributed by atoms with Crippen molar-refractivity contribution < 1.29 is 15.0 Å². The third kappa shape index (κ3) is 1.60. The zero-order chi connectivity index (χ0) is 11.0. The topological polar surface area (TPSA) is 70.4 Å². The molecule has 0 saturated heterocycles. The van der Waals surface area contributed by atoms with Gasteiger partial charge in [-0.05, 0) is 19.1 Å². The van der Waals surface area contributed by atoms with Crippen LogP contribution >= 0.6 is 11.3 Å². The predicted octanol–water partition coefficient (Wildman–Crippen LogP) is 1.80. The van der Waals surface area contributed by atoms with Gasteiger partial charge < -0.3 is 10.2 Å². The van der Waals surface area contributed by atoms with Gasteiger partial charge in [0.25, 0.3) is 0 Å². The third-order valence-electron chi connectivity index (χ3n) is 2.24. The molecule has 0 saturated carbocycles. The number of hydrogen-bond acceptors (Lipinski definition) is 4. The molecule has 0 aromatic carbocycles. The molecule has 2 N–H and O–H groups in total. The van der Waals surface area contributed by atoms with Crippen LogP contribution in [0.3, 0.4) is 0 Å². The minimum atomic E-state index is -1.03. The maximum atomic E-state index is 10.7. The Hall–Kier alpha value is -1.46. The van der Waals surface area contributed by atoms with E-state index >= 15 is 0 Å². The first-order chi connectivity index (χ1) is 7.13. The first-order valence-corrected chi connectivity index (χ1v) is 5.18. The molecule has 0 aliphatic rings. The highest BCUT2D eigenvalue weighted by Crippen LogP contribution is 2.29. The molecular formula is C10H9NO3S. The second kappa shape index (κ2) is 3.60. The Morgan fingerprint density at radius 3 is 2.87 bits per heavy atom. The lowest BCUT2D eigenvalue weighted by Crippen LogP contribution is -1.98. The number of aliphatic hydroxyl groups excluding tert-OH is 1. The average molecular weight is 223 g/mol. The van der Waals surface area contributed by atoms with Gasteiger partial charge in [-0.1, -0.05) is 0 Å². The summed E-state index contributed by atoms with van der Waals surface area (Å²) >= 11 is 1.40. The maximum absolute atomic E-state index is 10.7. The summed E-state index contributed by atoms with van der Waals surface area (Å²) < 4.78 is 0. The van der Waals surface area contributed by atoms with Crippen molar-refractivity contribution in [3.8, 4) is 0 Å². The molecule has 0 atom stereocenters. The van der Waals surface area contributed by atoms with Gasteiger partial charge in [-0.15, -0.1) is 11.3 Å². The summed E-state index contributed by atoms with van der Waals surface area (Å²) in [6.45, 7) is 1.85.